The highest BCUT2D eigenvalue weighted by atomic mass is 16.5. The van der Waals surface area contributed by atoms with Crippen molar-refractivity contribution in [2.24, 2.45) is 5.41 Å². The first-order valence-corrected chi connectivity index (χ1v) is 7.12. The Morgan fingerprint density at radius 2 is 2.21 bits per heavy atom. The quantitative estimate of drug-likeness (QED) is 0.823. The Kier molecular flexibility index (Phi) is 4.96. The van der Waals surface area contributed by atoms with Crippen LogP contribution in [0.3, 0.4) is 0 Å². The van der Waals surface area contributed by atoms with Crippen LogP contribution in [-0.4, -0.2) is 36.2 Å². The Morgan fingerprint density at radius 3 is 2.95 bits per heavy atom. The van der Waals surface area contributed by atoms with Crippen molar-refractivity contribution in [3.8, 4) is 5.88 Å². The van der Waals surface area contributed by atoms with Gasteiger partial charge in [0.2, 0.25) is 11.8 Å². The van der Waals surface area contributed by atoms with Crippen molar-refractivity contribution in [3.05, 3.63) is 12.3 Å². The fraction of sp³-hybridized carbons (Fsp3) is 0.714. The smallest absolute Gasteiger partial charge is 0.225 e. The lowest BCUT2D eigenvalue weighted by Crippen LogP contribution is -2.39. The van der Waals surface area contributed by atoms with E-state index in [0.717, 1.165) is 26.1 Å². The lowest BCUT2D eigenvalue weighted by atomic mass is 9.81. The highest BCUT2D eigenvalue weighted by Gasteiger charge is 2.26. The van der Waals surface area contributed by atoms with Crippen molar-refractivity contribution >= 4 is 5.95 Å². The second-order valence-corrected chi connectivity index (χ2v) is 5.48. The van der Waals surface area contributed by atoms with E-state index in [4.69, 9.17) is 4.74 Å². The first kappa shape index (κ1) is 14.1. The van der Waals surface area contributed by atoms with Gasteiger partial charge in [-0.1, -0.05) is 13.8 Å². The summed E-state index contributed by atoms with van der Waals surface area (Å²) in [5, 5.41) is 6.73. The van der Waals surface area contributed by atoms with E-state index >= 15 is 0 Å². The van der Waals surface area contributed by atoms with E-state index in [1.807, 2.05) is 0 Å². The molecular weight excluding hydrogens is 240 g/mol. The van der Waals surface area contributed by atoms with E-state index in [9.17, 15) is 0 Å². The minimum Gasteiger partial charge on any atom is -0.478 e. The third kappa shape index (κ3) is 4.35. The van der Waals surface area contributed by atoms with Crippen LogP contribution in [0.25, 0.3) is 0 Å². The fourth-order valence-corrected chi connectivity index (χ4v) is 2.21. The van der Waals surface area contributed by atoms with Crippen molar-refractivity contribution in [2.75, 3.05) is 31.6 Å². The predicted molar refractivity (Wildman–Crippen MR) is 76.5 cm³/mol. The highest BCUT2D eigenvalue weighted by molar-refractivity contribution is 5.27. The number of hydrogen-bond donors (Lipinski definition) is 2. The Labute approximate surface area is 115 Å². The van der Waals surface area contributed by atoms with Gasteiger partial charge in [-0.15, -0.1) is 0 Å². The van der Waals surface area contributed by atoms with Crippen molar-refractivity contribution in [3.63, 3.8) is 0 Å². The van der Waals surface area contributed by atoms with Crippen LogP contribution in [0.1, 0.15) is 33.1 Å². The Hall–Kier alpha value is -1.36. The van der Waals surface area contributed by atoms with Crippen LogP contribution in [0.4, 0.5) is 5.95 Å². The van der Waals surface area contributed by atoms with E-state index < -0.39 is 0 Å². The number of nitrogens with zero attached hydrogens (tertiary/aromatic N) is 2. The second kappa shape index (κ2) is 6.70. The SMILES string of the molecule is CCCOc1ccnc(NCC2(C)CCNCC2)n1. The monoisotopic (exact) mass is 264 g/mol. The van der Waals surface area contributed by atoms with Gasteiger partial charge in [-0.05, 0) is 37.8 Å². The van der Waals surface area contributed by atoms with Crippen molar-refractivity contribution in [2.45, 2.75) is 33.1 Å². The molecule has 106 valence electrons. The van der Waals surface area contributed by atoms with Crippen LogP contribution < -0.4 is 15.4 Å². The van der Waals surface area contributed by atoms with Gasteiger partial charge >= 0.3 is 0 Å². The molecule has 0 aliphatic carbocycles. The number of piperidine rings is 1. The van der Waals surface area contributed by atoms with Crippen molar-refractivity contribution in [1.82, 2.24) is 15.3 Å². The molecule has 0 aromatic carbocycles. The zero-order valence-corrected chi connectivity index (χ0v) is 11.9. The fourth-order valence-electron chi connectivity index (χ4n) is 2.21. The molecule has 1 fully saturated rings. The van der Waals surface area contributed by atoms with Crippen LogP contribution in [-0.2, 0) is 0 Å². The lowest BCUT2D eigenvalue weighted by Gasteiger charge is -2.34. The summed E-state index contributed by atoms with van der Waals surface area (Å²) in [6.45, 7) is 8.19. The molecule has 5 heteroatoms. The molecule has 0 amide bonds. The molecule has 0 radical (unpaired) electrons. The van der Waals surface area contributed by atoms with Gasteiger partial charge in [0, 0.05) is 18.8 Å². The molecule has 0 saturated carbocycles. The summed E-state index contributed by atoms with van der Waals surface area (Å²) < 4.78 is 5.51. The molecule has 1 aromatic rings. The number of hydrogen-bond acceptors (Lipinski definition) is 5. The number of aromatic nitrogens is 2. The first-order valence-electron chi connectivity index (χ1n) is 7.12. The van der Waals surface area contributed by atoms with E-state index in [1.54, 1.807) is 12.3 Å². The summed E-state index contributed by atoms with van der Waals surface area (Å²) in [4.78, 5) is 8.61. The molecule has 1 aliphatic heterocycles. The normalized spacial score (nSPS) is 18.0. The molecule has 0 atom stereocenters. The van der Waals surface area contributed by atoms with E-state index in [0.29, 0.717) is 23.9 Å². The van der Waals surface area contributed by atoms with Gasteiger partial charge in [-0.25, -0.2) is 4.98 Å². The number of nitrogens with one attached hydrogen (secondary N) is 2. The Bertz CT molecular complexity index is 391. The molecule has 2 N–H and O–H groups in total. The molecular formula is C14H24N4O. The van der Waals surface area contributed by atoms with Crippen LogP contribution in [0, 0.1) is 5.41 Å². The van der Waals surface area contributed by atoms with Gasteiger partial charge in [0.05, 0.1) is 6.61 Å². The van der Waals surface area contributed by atoms with Crippen molar-refractivity contribution < 1.29 is 4.74 Å². The topological polar surface area (TPSA) is 59.1 Å². The lowest BCUT2D eigenvalue weighted by molar-refractivity contribution is 0.246. The van der Waals surface area contributed by atoms with Gasteiger partial charge in [0.25, 0.3) is 0 Å². The molecule has 0 bridgehead atoms. The summed E-state index contributed by atoms with van der Waals surface area (Å²) in [6.07, 6.45) is 5.10. The van der Waals surface area contributed by atoms with Crippen LogP contribution >= 0.6 is 0 Å². The summed E-state index contributed by atoms with van der Waals surface area (Å²) in [6, 6.07) is 1.80. The number of anilines is 1. The maximum Gasteiger partial charge on any atom is 0.225 e. The van der Waals surface area contributed by atoms with E-state index in [2.05, 4.69) is 34.4 Å². The Morgan fingerprint density at radius 1 is 1.42 bits per heavy atom. The number of ether oxygens (including phenoxy) is 1. The standard InChI is InChI=1S/C14H24N4O/c1-3-10-19-12-4-7-16-13(18-12)17-11-14(2)5-8-15-9-6-14/h4,7,15H,3,5-6,8-11H2,1-2H3,(H,16,17,18). The van der Waals surface area contributed by atoms with Gasteiger partial charge in [-0.2, -0.15) is 4.98 Å². The first-order chi connectivity index (χ1) is 9.22. The average molecular weight is 264 g/mol. The third-order valence-electron chi connectivity index (χ3n) is 3.57. The molecule has 1 aromatic heterocycles. The van der Waals surface area contributed by atoms with Crippen LogP contribution in [0.2, 0.25) is 0 Å². The largest absolute Gasteiger partial charge is 0.478 e. The van der Waals surface area contributed by atoms with Gasteiger partial charge in [0.15, 0.2) is 0 Å². The summed E-state index contributed by atoms with van der Waals surface area (Å²) in [5.41, 5.74) is 0.328. The molecule has 5 nitrogen and oxygen atoms in total. The average Bonchev–Trinajstić information content (AvgIpc) is 2.44. The van der Waals surface area contributed by atoms with Gasteiger partial charge in [0.1, 0.15) is 0 Å². The molecule has 1 saturated heterocycles. The second-order valence-electron chi connectivity index (χ2n) is 5.48. The molecule has 0 spiro atoms. The highest BCUT2D eigenvalue weighted by Crippen LogP contribution is 2.27. The Balaban J connectivity index is 1.88. The molecule has 2 rings (SSSR count). The maximum atomic E-state index is 5.51. The summed E-state index contributed by atoms with van der Waals surface area (Å²) in [5.74, 6) is 1.31. The number of rotatable bonds is 6. The predicted octanol–water partition coefficient (Wildman–Crippen LogP) is 2.07. The third-order valence-corrected chi connectivity index (χ3v) is 3.57. The van der Waals surface area contributed by atoms with Crippen LogP contribution in [0.15, 0.2) is 12.3 Å². The van der Waals surface area contributed by atoms with Gasteiger partial charge in [-0.3, -0.25) is 0 Å². The van der Waals surface area contributed by atoms with Crippen LogP contribution in [0.5, 0.6) is 5.88 Å². The van der Waals surface area contributed by atoms with Gasteiger partial charge < -0.3 is 15.4 Å². The van der Waals surface area contributed by atoms with E-state index in [-0.39, 0.29) is 0 Å². The van der Waals surface area contributed by atoms with E-state index in [1.165, 1.54) is 12.8 Å². The minimum absolute atomic E-state index is 0.328. The minimum atomic E-state index is 0.328. The molecule has 2 heterocycles. The molecule has 1 aliphatic rings. The van der Waals surface area contributed by atoms with Crippen molar-refractivity contribution in [1.29, 1.82) is 0 Å². The maximum absolute atomic E-state index is 5.51. The summed E-state index contributed by atoms with van der Waals surface area (Å²) in [7, 11) is 0. The molecule has 19 heavy (non-hydrogen) atoms. The zero-order valence-electron chi connectivity index (χ0n) is 11.9. The molecule has 0 unspecified atom stereocenters. The summed E-state index contributed by atoms with van der Waals surface area (Å²) >= 11 is 0. The zero-order chi connectivity index (χ0) is 13.6.